The molecule has 2 heteroatoms. The largest absolute Gasteiger partial charge is 0.507 e. The van der Waals surface area contributed by atoms with Gasteiger partial charge < -0.3 is 10.2 Å². The van der Waals surface area contributed by atoms with Crippen molar-refractivity contribution in [3.8, 4) is 33.8 Å². The highest BCUT2D eigenvalue weighted by atomic mass is 16.3. The number of phenolic OH excluding ortho intramolecular Hbond substituents is 2. The van der Waals surface area contributed by atoms with Crippen LogP contribution in [0.25, 0.3) is 22.3 Å². The summed E-state index contributed by atoms with van der Waals surface area (Å²) in [6.45, 7) is 10.5. The second kappa shape index (κ2) is 9.15. The molecule has 4 aromatic carbocycles. The Morgan fingerprint density at radius 1 is 0.545 bits per heavy atom. The van der Waals surface area contributed by atoms with Crippen molar-refractivity contribution in [2.45, 2.75) is 47.0 Å². The van der Waals surface area contributed by atoms with Crippen LogP contribution in [-0.2, 0) is 0 Å². The Morgan fingerprint density at radius 2 is 0.909 bits per heavy atom. The Hall–Kier alpha value is -3.52. The summed E-state index contributed by atoms with van der Waals surface area (Å²) in [6, 6.07) is 24.6. The quantitative estimate of drug-likeness (QED) is 0.331. The van der Waals surface area contributed by atoms with E-state index in [1.165, 1.54) is 22.3 Å². The molecule has 4 aromatic rings. The van der Waals surface area contributed by atoms with E-state index in [0.29, 0.717) is 11.5 Å². The maximum atomic E-state index is 10.6. The normalized spacial score (nSPS) is 11.2. The summed E-state index contributed by atoms with van der Waals surface area (Å²) in [4.78, 5) is 0. The van der Waals surface area contributed by atoms with Crippen molar-refractivity contribution < 1.29 is 10.2 Å². The van der Waals surface area contributed by atoms with Crippen LogP contribution in [0.3, 0.4) is 0 Å². The van der Waals surface area contributed by atoms with E-state index in [9.17, 15) is 10.2 Å². The second-order valence-electron chi connectivity index (χ2n) is 9.27. The minimum absolute atomic E-state index is 0.153. The van der Waals surface area contributed by atoms with Gasteiger partial charge in [-0.05, 0) is 80.6 Å². The molecule has 0 aliphatic heterocycles. The Kier molecular flexibility index (Phi) is 6.29. The van der Waals surface area contributed by atoms with Gasteiger partial charge in [-0.2, -0.15) is 0 Å². The summed E-state index contributed by atoms with van der Waals surface area (Å²) in [6.07, 6.45) is 0.911. The second-order valence-corrected chi connectivity index (χ2v) is 9.27. The van der Waals surface area contributed by atoms with E-state index in [1.807, 2.05) is 12.1 Å². The van der Waals surface area contributed by atoms with Crippen molar-refractivity contribution >= 4 is 0 Å². The molecule has 0 aliphatic carbocycles. The molecule has 2 nitrogen and oxygen atoms in total. The summed E-state index contributed by atoms with van der Waals surface area (Å²) >= 11 is 0. The van der Waals surface area contributed by atoms with Crippen molar-refractivity contribution in [1.82, 2.24) is 0 Å². The molecular formula is C31H32O2. The molecular weight excluding hydrogens is 404 g/mol. The van der Waals surface area contributed by atoms with Gasteiger partial charge in [0.25, 0.3) is 0 Å². The predicted octanol–water partition coefficient (Wildman–Crippen LogP) is 8.21. The van der Waals surface area contributed by atoms with Gasteiger partial charge in [0.05, 0.1) is 0 Å². The van der Waals surface area contributed by atoms with E-state index >= 15 is 0 Å². The van der Waals surface area contributed by atoms with Gasteiger partial charge in [0.1, 0.15) is 11.5 Å². The van der Waals surface area contributed by atoms with Crippen LogP contribution < -0.4 is 0 Å². The van der Waals surface area contributed by atoms with Gasteiger partial charge in [0.15, 0.2) is 0 Å². The molecule has 0 aliphatic rings. The van der Waals surface area contributed by atoms with E-state index in [1.54, 1.807) is 12.1 Å². The monoisotopic (exact) mass is 436 g/mol. The zero-order valence-corrected chi connectivity index (χ0v) is 20.1. The molecule has 0 spiro atoms. The van der Waals surface area contributed by atoms with E-state index in [4.69, 9.17) is 0 Å². The Balaban J connectivity index is 1.80. The average molecular weight is 437 g/mol. The van der Waals surface area contributed by atoms with E-state index < -0.39 is 0 Å². The summed E-state index contributed by atoms with van der Waals surface area (Å²) in [5.41, 5.74) is 10.8. The maximum Gasteiger partial charge on any atom is 0.123 e. The lowest BCUT2D eigenvalue weighted by atomic mass is 9.85. The van der Waals surface area contributed by atoms with Gasteiger partial charge in [0, 0.05) is 17.0 Å². The highest BCUT2D eigenvalue weighted by molar-refractivity contribution is 5.74. The summed E-state index contributed by atoms with van der Waals surface area (Å²) in [7, 11) is 0. The summed E-state index contributed by atoms with van der Waals surface area (Å²) in [5, 5.41) is 21.3. The lowest BCUT2D eigenvalue weighted by Gasteiger charge is -2.20. The summed E-state index contributed by atoms with van der Waals surface area (Å²) in [5.74, 6) is 0.737. The number of aromatic hydroxyl groups is 2. The van der Waals surface area contributed by atoms with Crippen molar-refractivity contribution in [3.05, 3.63) is 106 Å². The lowest BCUT2D eigenvalue weighted by molar-refractivity contribution is 0.477. The number of benzene rings is 4. The highest BCUT2D eigenvalue weighted by Gasteiger charge is 2.17. The smallest absolute Gasteiger partial charge is 0.123 e. The molecule has 168 valence electrons. The van der Waals surface area contributed by atoms with Crippen molar-refractivity contribution in [3.63, 3.8) is 0 Å². The van der Waals surface area contributed by atoms with E-state index in [-0.39, 0.29) is 5.92 Å². The lowest BCUT2D eigenvalue weighted by Crippen LogP contribution is -2.01. The molecule has 0 aromatic heterocycles. The maximum absolute atomic E-state index is 10.6. The molecule has 0 saturated heterocycles. The van der Waals surface area contributed by atoms with Crippen LogP contribution in [-0.4, -0.2) is 10.2 Å². The van der Waals surface area contributed by atoms with Gasteiger partial charge >= 0.3 is 0 Å². The minimum atomic E-state index is 0.153. The first-order chi connectivity index (χ1) is 15.7. The minimum Gasteiger partial charge on any atom is -0.507 e. The fraction of sp³-hybridized carbons (Fsp3) is 0.226. The molecule has 0 fully saturated rings. The Morgan fingerprint density at radius 3 is 1.24 bits per heavy atom. The fourth-order valence-electron chi connectivity index (χ4n) is 4.93. The van der Waals surface area contributed by atoms with Crippen LogP contribution in [0.2, 0.25) is 0 Å². The molecule has 0 atom stereocenters. The molecule has 0 amide bonds. The van der Waals surface area contributed by atoms with Gasteiger partial charge in [-0.3, -0.25) is 0 Å². The van der Waals surface area contributed by atoms with E-state index in [2.05, 4.69) is 83.1 Å². The first-order valence-electron chi connectivity index (χ1n) is 11.6. The SMILES string of the molecule is CCC(c1ccc(O)c(-c2cc(C)cc(C)c2)c1)c1ccc(O)c(-c2cc(C)cc(C)c2)c1. The van der Waals surface area contributed by atoms with Gasteiger partial charge in [-0.15, -0.1) is 0 Å². The van der Waals surface area contributed by atoms with E-state index in [0.717, 1.165) is 39.8 Å². The zero-order chi connectivity index (χ0) is 23.7. The Bertz CT molecular complexity index is 1180. The molecule has 0 saturated carbocycles. The molecule has 4 rings (SSSR count). The van der Waals surface area contributed by atoms with Gasteiger partial charge in [-0.25, -0.2) is 0 Å². The molecule has 33 heavy (non-hydrogen) atoms. The van der Waals surface area contributed by atoms with Crippen LogP contribution in [0.1, 0.15) is 52.6 Å². The third-order valence-corrected chi connectivity index (χ3v) is 6.32. The third kappa shape index (κ3) is 4.80. The number of aryl methyl sites for hydroxylation is 4. The predicted molar refractivity (Wildman–Crippen MR) is 138 cm³/mol. The molecule has 0 bridgehead atoms. The zero-order valence-electron chi connectivity index (χ0n) is 20.1. The van der Waals surface area contributed by atoms with Crippen LogP contribution in [0.4, 0.5) is 0 Å². The molecule has 0 heterocycles. The van der Waals surface area contributed by atoms with Crippen LogP contribution in [0, 0.1) is 27.7 Å². The standard InChI is InChI=1S/C31H32O2/c1-6-27(23-7-9-30(32)28(17-23)25-13-19(2)11-20(3)14-25)24-8-10-31(33)29(18-24)26-15-21(4)12-22(5)16-26/h7-18,27,32-33H,6H2,1-5H3. The Labute approximate surface area is 197 Å². The van der Waals surface area contributed by atoms with Crippen molar-refractivity contribution in [2.75, 3.05) is 0 Å². The first-order valence-corrected chi connectivity index (χ1v) is 11.6. The van der Waals surface area contributed by atoms with Gasteiger partial charge in [0.2, 0.25) is 0 Å². The molecule has 0 unspecified atom stereocenters. The van der Waals surface area contributed by atoms with Crippen molar-refractivity contribution in [1.29, 1.82) is 0 Å². The van der Waals surface area contributed by atoms with Crippen LogP contribution in [0.15, 0.2) is 72.8 Å². The van der Waals surface area contributed by atoms with Crippen molar-refractivity contribution in [2.24, 2.45) is 0 Å². The number of hydrogen-bond acceptors (Lipinski definition) is 2. The van der Waals surface area contributed by atoms with Crippen LogP contribution in [0.5, 0.6) is 11.5 Å². The molecule has 2 N–H and O–H groups in total. The number of rotatable bonds is 5. The number of hydrogen-bond donors (Lipinski definition) is 2. The summed E-state index contributed by atoms with van der Waals surface area (Å²) < 4.78 is 0. The average Bonchev–Trinajstić information content (AvgIpc) is 2.75. The topological polar surface area (TPSA) is 40.5 Å². The fourth-order valence-corrected chi connectivity index (χ4v) is 4.93. The van der Waals surface area contributed by atoms with Gasteiger partial charge in [-0.1, -0.05) is 77.7 Å². The number of phenols is 2. The van der Waals surface area contributed by atoms with Crippen LogP contribution >= 0.6 is 0 Å². The highest BCUT2D eigenvalue weighted by Crippen LogP contribution is 2.39. The molecule has 0 radical (unpaired) electrons. The first kappa shape index (κ1) is 22.7. The third-order valence-electron chi connectivity index (χ3n) is 6.32.